The van der Waals surface area contributed by atoms with Crippen LogP contribution in [-0.4, -0.2) is 38.5 Å². The smallest absolute Gasteiger partial charge is 0.196 e. The molecule has 2 aromatic carbocycles. The molecular formula is C22H24N4S. The van der Waals surface area contributed by atoms with Crippen molar-refractivity contribution >= 4 is 17.8 Å². The molecule has 1 aromatic heterocycles. The summed E-state index contributed by atoms with van der Waals surface area (Å²) >= 11 is 1.72. The first-order chi connectivity index (χ1) is 13.4. The third-order valence-corrected chi connectivity index (χ3v) is 5.58. The molecule has 1 saturated heterocycles. The van der Waals surface area contributed by atoms with Gasteiger partial charge in [-0.25, -0.2) is 0 Å². The Hall–Kier alpha value is -2.37. The Labute approximate surface area is 164 Å². The summed E-state index contributed by atoms with van der Waals surface area (Å²) in [7, 11) is 0. The lowest BCUT2D eigenvalue weighted by Crippen LogP contribution is -2.21. The summed E-state index contributed by atoms with van der Waals surface area (Å²) in [5, 5.41) is 9.97. The van der Waals surface area contributed by atoms with Gasteiger partial charge in [-0.05, 0) is 43.6 Å². The fraction of sp³-hybridized carbons (Fsp3) is 0.273. The van der Waals surface area contributed by atoms with E-state index in [1.807, 2.05) is 12.1 Å². The number of para-hydroxylation sites is 1. The number of hydrogen-bond acceptors (Lipinski definition) is 4. The first-order valence-electron chi connectivity index (χ1n) is 9.46. The number of thioether (sulfide) groups is 1. The van der Waals surface area contributed by atoms with Crippen molar-refractivity contribution in [2.75, 3.05) is 18.8 Å². The van der Waals surface area contributed by atoms with Crippen LogP contribution in [0.3, 0.4) is 0 Å². The maximum absolute atomic E-state index is 4.52. The van der Waals surface area contributed by atoms with Gasteiger partial charge in [0.25, 0.3) is 0 Å². The van der Waals surface area contributed by atoms with Gasteiger partial charge in [0.15, 0.2) is 11.0 Å². The molecule has 0 aliphatic carbocycles. The molecule has 0 atom stereocenters. The van der Waals surface area contributed by atoms with Gasteiger partial charge in [0, 0.05) is 11.4 Å². The molecule has 0 N–H and O–H groups in total. The van der Waals surface area contributed by atoms with E-state index in [4.69, 9.17) is 0 Å². The van der Waals surface area contributed by atoms with Gasteiger partial charge >= 0.3 is 0 Å². The molecule has 0 unspecified atom stereocenters. The minimum Gasteiger partial charge on any atom is -0.296 e. The average Bonchev–Trinajstić information content (AvgIpc) is 3.37. The molecule has 0 spiro atoms. The number of likely N-dealkylation sites (tertiary alicyclic amines) is 1. The molecule has 4 nitrogen and oxygen atoms in total. The first-order valence-corrected chi connectivity index (χ1v) is 10.5. The van der Waals surface area contributed by atoms with Crippen LogP contribution in [0.5, 0.6) is 0 Å². The zero-order valence-electron chi connectivity index (χ0n) is 15.4. The number of nitrogens with zero attached hydrogens (tertiary/aromatic N) is 4. The van der Waals surface area contributed by atoms with E-state index in [1.165, 1.54) is 18.4 Å². The molecule has 1 aliphatic heterocycles. The van der Waals surface area contributed by atoms with Crippen molar-refractivity contribution < 1.29 is 0 Å². The van der Waals surface area contributed by atoms with Gasteiger partial charge < -0.3 is 0 Å². The van der Waals surface area contributed by atoms with Crippen molar-refractivity contribution in [3.63, 3.8) is 0 Å². The summed E-state index contributed by atoms with van der Waals surface area (Å²) < 4.78 is 2.21. The van der Waals surface area contributed by atoms with Crippen LogP contribution in [-0.2, 0) is 6.54 Å². The summed E-state index contributed by atoms with van der Waals surface area (Å²) in [5.74, 6) is 1.89. The van der Waals surface area contributed by atoms with Gasteiger partial charge in [-0.15, -0.1) is 10.2 Å². The third kappa shape index (κ3) is 4.67. The first kappa shape index (κ1) is 18.0. The van der Waals surface area contributed by atoms with Crippen LogP contribution in [0, 0.1) is 0 Å². The van der Waals surface area contributed by atoms with Gasteiger partial charge in [0.05, 0.1) is 6.54 Å². The molecule has 27 heavy (non-hydrogen) atoms. The van der Waals surface area contributed by atoms with Crippen molar-refractivity contribution in [1.82, 2.24) is 19.7 Å². The van der Waals surface area contributed by atoms with Gasteiger partial charge in [0.2, 0.25) is 0 Å². The summed E-state index contributed by atoms with van der Waals surface area (Å²) in [5.41, 5.74) is 2.35. The standard InChI is InChI=1S/C22H24N4S/c1-3-10-19(11-4-1)12-9-17-27-22-24-23-21(18-25-15-7-8-16-25)26(22)20-13-5-2-6-14-20/h1-6,9-14H,7-8,15-18H2/b12-9+. The third-order valence-electron chi connectivity index (χ3n) is 4.70. The number of benzene rings is 2. The van der Waals surface area contributed by atoms with Crippen LogP contribution in [0.25, 0.3) is 11.8 Å². The van der Waals surface area contributed by atoms with Crippen molar-refractivity contribution in [3.8, 4) is 5.69 Å². The number of rotatable bonds is 7. The molecule has 0 radical (unpaired) electrons. The Kier molecular flexibility index (Phi) is 6.02. The highest BCUT2D eigenvalue weighted by molar-refractivity contribution is 7.99. The second-order valence-corrected chi connectivity index (χ2v) is 7.66. The Bertz CT molecular complexity index is 868. The van der Waals surface area contributed by atoms with Crippen LogP contribution in [0.2, 0.25) is 0 Å². The highest BCUT2D eigenvalue weighted by Crippen LogP contribution is 2.24. The number of hydrogen-bond donors (Lipinski definition) is 0. The minimum atomic E-state index is 0.863. The fourth-order valence-electron chi connectivity index (χ4n) is 3.34. The fourth-order valence-corrected chi connectivity index (χ4v) is 4.12. The molecular weight excluding hydrogens is 352 g/mol. The van der Waals surface area contributed by atoms with E-state index in [2.05, 4.69) is 80.3 Å². The molecule has 0 amide bonds. The molecule has 1 fully saturated rings. The molecule has 4 rings (SSSR count). The molecule has 138 valence electrons. The SMILES string of the molecule is C(=C\c1ccccc1)/CSc1nnc(CN2CCCC2)n1-c1ccccc1. The Balaban J connectivity index is 1.51. The molecule has 0 saturated carbocycles. The maximum Gasteiger partial charge on any atom is 0.196 e. The predicted molar refractivity (Wildman–Crippen MR) is 112 cm³/mol. The van der Waals surface area contributed by atoms with Gasteiger partial charge in [-0.2, -0.15) is 0 Å². The molecule has 3 aromatic rings. The normalized spacial score (nSPS) is 15.0. The lowest BCUT2D eigenvalue weighted by atomic mass is 10.2. The molecule has 0 bridgehead atoms. The molecule has 2 heterocycles. The second-order valence-electron chi connectivity index (χ2n) is 6.68. The highest BCUT2D eigenvalue weighted by Gasteiger charge is 2.19. The van der Waals surface area contributed by atoms with Crippen LogP contribution in [0.1, 0.15) is 24.2 Å². The van der Waals surface area contributed by atoms with Crippen molar-refractivity contribution in [1.29, 1.82) is 0 Å². The largest absolute Gasteiger partial charge is 0.296 e. The quantitative estimate of drug-likeness (QED) is 0.561. The van der Waals surface area contributed by atoms with Gasteiger partial charge in [-0.1, -0.05) is 72.4 Å². The van der Waals surface area contributed by atoms with E-state index in [0.717, 1.165) is 42.1 Å². The maximum atomic E-state index is 4.52. The molecule has 5 heteroatoms. The zero-order chi connectivity index (χ0) is 18.3. The van der Waals surface area contributed by atoms with E-state index in [-0.39, 0.29) is 0 Å². The van der Waals surface area contributed by atoms with Crippen LogP contribution in [0.15, 0.2) is 71.9 Å². The lowest BCUT2D eigenvalue weighted by Gasteiger charge is -2.15. The average molecular weight is 377 g/mol. The summed E-state index contributed by atoms with van der Waals surface area (Å²) in [6.07, 6.45) is 6.91. The van der Waals surface area contributed by atoms with Crippen molar-refractivity contribution in [3.05, 3.63) is 78.1 Å². The highest BCUT2D eigenvalue weighted by atomic mass is 32.2. The van der Waals surface area contributed by atoms with E-state index in [0.29, 0.717) is 0 Å². The van der Waals surface area contributed by atoms with Crippen molar-refractivity contribution in [2.24, 2.45) is 0 Å². The lowest BCUT2D eigenvalue weighted by molar-refractivity contribution is 0.319. The van der Waals surface area contributed by atoms with Crippen molar-refractivity contribution in [2.45, 2.75) is 24.5 Å². The Morgan fingerprint density at radius 3 is 2.33 bits per heavy atom. The molecule has 1 aliphatic rings. The zero-order valence-corrected chi connectivity index (χ0v) is 16.2. The summed E-state index contributed by atoms with van der Waals surface area (Å²) in [4.78, 5) is 2.47. The van der Waals surface area contributed by atoms with Crippen LogP contribution < -0.4 is 0 Å². The summed E-state index contributed by atoms with van der Waals surface area (Å²) in [6, 6.07) is 20.8. The second kappa shape index (κ2) is 9.02. The predicted octanol–water partition coefficient (Wildman–Crippen LogP) is 4.67. The van der Waals surface area contributed by atoms with E-state index < -0.39 is 0 Å². The Morgan fingerprint density at radius 1 is 0.889 bits per heavy atom. The van der Waals surface area contributed by atoms with Crippen LogP contribution >= 0.6 is 11.8 Å². The van der Waals surface area contributed by atoms with E-state index in [1.54, 1.807) is 11.8 Å². The van der Waals surface area contributed by atoms with Crippen LogP contribution in [0.4, 0.5) is 0 Å². The minimum absolute atomic E-state index is 0.863. The summed E-state index contributed by atoms with van der Waals surface area (Å²) in [6.45, 7) is 3.18. The number of aromatic nitrogens is 3. The van der Waals surface area contributed by atoms with Gasteiger partial charge in [-0.3, -0.25) is 9.47 Å². The Morgan fingerprint density at radius 2 is 1.59 bits per heavy atom. The topological polar surface area (TPSA) is 34.0 Å². The van der Waals surface area contributed by atoms with E-state index in [9.17, 15) is 0 Å². The van der Waals surface area contributed by atoms with Gasteiger partial charge in [0.1, 0.15) is 0 Å². The van der Waals surface area contributed by atoms with E-state index >= 15 is 0 Å². The monoisotopic (exact) mass is 376 g/mol.